The highest BCUT2D eigenvalue weighted by Crippen LogP contribution is 2.09. The van der Waals surface area contributed by atoms with Gasteiger partial charge < -0.3 is 4.74 Å². The molecule has 3 nitrogen and oxygen atoms in total. The monoisotopic (exact) mass is 222 g/mol. The lowest BCUT2D eigenvalue weighted by atomic mass is 10.1. The summed E-state index contributed by atoms with van der Waals surface area (Å²) >= 11 is 3.67. The number of esters is 1. The third kappa shape index (κ3) is 3.25. The number of hydrogen-bond donors (Lipinski definition) is 1. The first-order valence-electron chi connectivity index (χ1n) is 4.26. The van der Waals surface area contributed by atoms with E-state index in [1.807, 2.05) is 0 Å². The van der Waals surface area contributed by atoms with Crippen LogP contribution < -0.4 is 0 Å². The standard InChI is InChI=1S/C11H10O3S/c1-2-6-14-10(12)8-4-3-5-9(7-8)11(13)15/h2-5,7H,1,6H2,(H,13,15). The number of carbonyl (C=O) groups is 2. The lowest BCUT2D eigenvalue weighted by molar-refractivity contribution is 0.0549. The Bertz CT molecular complexity index is 399. The minimum absolute atomic E-state index is 0.151. The Morgan fingerprint density at radius 1 is 1.40 bits per heavy atom. The highest BCUT2D eigenvalue weighted by atomic mass is 32.1. The number of hydrogen-bond acceptors (Lipinski definition) is 3. The van der Waals surface area contributed by atoms with Gasteiger partial charge in [-0.1, -0.05) is 24.8 Å². The molecule has 0 N–H and O–H groups in total. The summed E-state index contributed by atoms with van der Waals surface area (Å²) in [6.07, 6.45) is 1.48. The molecular formula is C11H10O3S. The maximum absolute atomic E-state index is 11.4. The first kappa shape index (κ1) is 11.5. The van der Waals surface area contributed by atoms with Gasteiger partial charge in [-0.3, -0.25) is 4.79 Å². The number of benzene rings is 1. The van der Waals surface area contributed by atoms with Gasteiger partial charge in [0.25, 0.3) is 0 Å². The van der Waals surface area contributed by atoms with Gasteiger partial charge in [-0.15, -0.1) is 12.6 Å². The largest absolute Gasteiger partial charge is 0.458 e. The molecule has 0 fully saturated rings. The SMILES string of the molecule is C=CCOC(=O)c1cccc(C(=O)S)c1. The first-order valence-corrected chi connectivity index (χ1v) is 4.71. The average molecular weight is 222 g/mol. The molecule has 0 radical (unpaired) electrons. The van der Waals surface area contributed by atoms with Crippen LogP contribution in [-0.4, -0.2) is 17.7 Å². The fourth-order valence-corrected chi connectivity index (χ4v) is 1.14. The molecule has 0 unspecified atom stereocenters. The van der Waals surface area contributed by atoms with Gasteiger partial charge in [0.1, 0.15) is 6.61 Å². The van der Waals surface area contributed by atoms with Gasteiger partial charge in [0.2, 0.25) is 5.12 Å². The summed E-state index contributed by atoms with van der Waals surface area (Å²) in [6, 6.07) is 6.21. The smallest absolute Gasteiger partial charge is 0.338 e. The van der Waals surface area contributed by atoms with Crippen molar-refractivity contribution in [2.24, 2.45) is 0 Å². The van der Waals surface area contributed by atoms with Crippen LogP contribution in [0.25, 0.3) is 0 Å². The molecule has 1 rings (SSSR count). The van der Waals surface area contributed by atoms with Gasteiger partial charge in [-0.25, -0.2) is 4.79 Å². The molecule has 1 aromatic rings. The average Bonchev–Trinajstić information content (AvgIpc) is 2.26. The number of rotatable bonds is 4. The van der Waals surface area contributed by atoms with Crippen LogP contribution in [0.5, 0.6) is 0 Å². The topological polar surface area (TPSA) is 43.4 Å². The van der Waals surface area contributed by atoms with E-state index < -0.39 is 5.97 Å². The van der Waals surface area contributed by atoms with E-state index in [1.54, 1.807) is 18.2 Å². The van der Waals surface area contributed by atoms with Crippen LogP contribution in [0.4, 0.5) is 0 Å². The Labute approximate surface area is 93.2 Å². The summed E-state index contributed by atoms with van der Waals surface area (Å²) in [5, 5.41) is -0.381. The van der Waals surface area contributed by atoms with E-state index in [0.29, 0.717) is 11.1 Å². The van der Waals surface area contributed by atoms with Gasteiger partial charge in [0, 0.05) is 5.56 Å². The number of ether oxygens (including phenoxy) is 1. The third-order valence-corrected chi connectivity index (χ3v) is 1.94. The van der Waals surface area contributed by atoms with Crippen LogP contribution in [-0.2, 0) is 4.74 Å². The summed E-state index contributed by atoms with van der Waals surface area (Å²) in [4.78, 5) is 22.3. The summed E-state index contributed by atoms with van der Waals surface area (Å²) in [7, 11) is 0. The minimum Gasteiger partial charge on any atom is -0.458 e. The Morgan fingerprint density at radius 2 is 2.07 bits per heavy atom. The second-order valence-electron chi connectivity index (χ2n) is 2.77. The lowest BCUT2D eigenvalue weighted by Crippen LogP contribution is -2.05. The van der Waals surface area contributed by atoms with Crippen LogP contribution in [0.1, 0.15) is 20.7 Å². The number of carbonyl (C=O) groups excluding carboxylic acids is 2. The van der Waals surface area contributed by atoms with Crippen molar-refractivity contribution in [2.75, 3.05) is 6.61 Å². The number of thiol groups is 1. The predicted molar refractivity (Wildman–Crippen MR) is 60.2 cm³/mol. The first-order chi connectivity index (χ1) is 7.15. The van der Waals surface area contributed by atoms with E-state index in [4.69, 9.17) is 4.74 Å². The summed E-state index contributed by atoms with van der Waals surface area (Å²) in [6.45, 7) is 3.58. The zero-order valence-corrected chi connectivity index (χ0v) is 8.87. The fraction of sp³-hybridized carbons (Fsp3) is 0.0909. The molecule has 0 saturated heterocycles. The second kappa shape index (κ2) is 5.36. The molecule has 0 heterocycles. The quantitative estimate of drug-likeness (QED) is 0.482. The summed E-state index contributed by atoms with van der Waals surface area (Å²) in [5.41, 5.74) is 0.697. The van der Waals surface area contributed by atoms with Gasteiger partial charge in [-0.05, 0) is 12.1 Å². The molecule has 4 heteroatoms. The van der Waals surface area contributed by atoms with Crippen molar-refractivity contribution in [1.82, 2.24) is 0 Å². The molecular weight excluding hydrogens is 212 g/mol. The highest BCUT2D eigenvalue weighted by molar-refractivity contribution is 7.97. The van der Waals surface area contributed by atoms with Crippen molar-refractivity contribution in [3.05, 3.63) is 48.0 Å². The summed E-state index contributed by atoms with van der Waals surface area (Å²) < 4.78 is 4.82. The molecule has 78 valence electrons. The van der Waals surface area contributed by atoms with Gasteiger partial charge >= 0.3 is 5.97 Å². The van der Waals surface area contributed by atoms with Gasteiger partial charge in [0.05, 0.1) is 5.56 Å². The highest BCUT2D eigenvalue weighted by Gasteiger charge is 2.08. The fourth-order valence-electron chi connectivity index (χ4n) is 0.997. The molecule has 0 bridgehead atoms. The van der Waals surface area contributed by atoms with Crippen molar-refractivity contribution < 1.29 is 14.3 Å². The Morgan fingerprint density at radius 3 is 2.67 bits per heavy atom. The normalized spacial score (nSPS) is 9.40. The molecule has 0 atom stereocenters. The molecule has 0 aliphatic rings. The zero-order valence-electron chi connectivity index (χ0n) is 7.97. The van der Waals surface area contributed by atoms with Crippen LogP contribution in [0, 0.1) is 0 Å². The molecule has 0 aliphatic heterocycles. The maximum atomic E-state index is 11.4. The molecule has 0 aliphatic carbocycles. The van der Waals surface area contributed by atoms with E-state index in [1.165, 1.54) is 12.1 Å². The minimum atomic E-state index is -0.480. The molecule has 0 amide bonds. The predicted octanol–water partition coefficient (Wildman–Crippen LogP) is 2.10. The third-order valence-electron chi connectivity index (χ3n) is 1.68. The van der Waals surface area contributed by atoms with E-state index >= 15 is 0 Å². The van der Waals surface area contributed by atoms with E-state index in [9.17, 15) is 9.59 Å². The van der Waals surface area contributed by atoms with Crippen LogP contribution in [0.3, 0.4) is 0 Å². The van der Waals surface area contributed by atoms with Crippen molar-refractivity contribution in [3.63, 3.8) is 0 Å². The van der Waals surface area contributed by atoms with Crippen LogP contribution in [0.15, 0.2) is 36.9 Å². The Balaban J connectivity index is 2.85. The van der Waals surface area contributed by atoms with Crippen molar-refractivity contribution in [2.45, 2.75) is 0 Å². The lowest BCUT2D eigenvalue weighted by Gasteiger charge is -2.02. The molecule has 0 spiro atoms. The summed E-state index contributed by atoms with van der Waals surface area (Å²) in [5.74, 6) is -0.480. The maximum Gasteiger partial charge on any atom is 0.338 e. The van der Waals surface area contributed by atoms with Gasteiger partial charge in [0.15, 0.2) is 0 Å². The Kier molecular flexibility index (Phi) is 4.12. The zero-order chi connectivity index (χ0) is 11.3. The van der Waals surface area contributed by atoms with E-state index in [-0.39, 0.29) is 11.7 Å². The van der Waals surface area contributed by atoms with Gasteiger partial charge in [-0.2, -0.15) is 0 Å². The molecule has 1 aromatic carbocycles. The van der Waals surface area contributed by atoms with Crippen molar-refractivity contribution in [3.8, 4) is 0 Å². The molecule has 0 saturated carbocycles. The van der Waals surface area contributed by atoms with Crippen LogP contribution in [0.2, 0.25) is 0 Å². The molecule has 0 aromatic heterocycles. The van der Waals surface area contributed by atoms with Crippen molar-refractivity contribution in [1.29, 1.82) is 0 Å². The second-order valence-corrected chi connectivity index (χ2v) is 3.18. The van der Waals surface area contributed by atoms with Crippen LogP contribution >= 0.6 is 12.6 Å². The van der Waals surface area contributed by atoms with Crippen molar-refractivity contribution >= 4 is 23.7 Å². The van der Waals surface area contributed by atoms with E-state index in [0.717, 1.165) is 0 Å². The van der Waals surface area contributed by atoms with E-state index in [2.05, 4.69) is 19.2 Å². The Hall–Kier alpha value is -1.55. The molecule has 15 heavy (non-hydrogen) atoms.